The standard InChI is InChI=1S/C17H20N2O3/c1-11-2-5-15-14(18-11)9-16(22-15)17(20)19-6-7-21-10-13(19)8-12-3-4-12/h2,5,9,12-13H,3-4,6-8,10H2,1H3. The maximum absolute atomic E-state index is 12.8. The molecule has 1 aliphatic carbocycles. The predicted octanol–water partition coefficient (Wildman–Crippen LogP) is 2.78. The highest BCUT2D eigenvalue weighted by molar-refractivity contribution is 5.95. The van der Waals surface area contributed by atoms with Gasteiger partial charge in [0.15, 0.2) is 11.3 Å². The largest absolute Gasteiger partial charge is 0.449 e. The van der Waals surface area contributed by atoms with E-state index in [1.165, 1.54) is 12.8 Å². The third-order valence-corrected chi connectivity index (χ3v) is 4.51. The number of carbonyl (C=O) groups is 1. The number of nitrogens with zero attached hydrogens (tertiary/aromatic N) is 2. The summed E-state index contributed by atoms with van der Waals surface area (Å²) in [6.45, 7) is 3.81. The number of carbonyl (C=O) groups excluding carboxylic acids is 1. The summed E-state index contributed by atoms with van der Waals surface area (Å²) < 4.78 is 11.3. The topological polar surface area (TPSA) is 55.6 Å². The number of fused-ring (bicyclic) bond motifs is 1. The molecule has 1 unspecified atom stereocenters. The Balaban J connectivity index is 1.59. The lowest BCUT2D eigenvalue weighted by molar-refractivity contribution is -0.00709. The normalized spacial score (nSPS) is 22.2. The highest BCUT2D eigenvalue weighted by Gasteiger charge is 2.34. The molecule has 0 bridgehead atoms. The van der Waals surface area contributed by atoms with E-state index in [1.807, 2.05) is 24.0 Å². The van der Waals surface area contributed by atoms with E-state index in [9.17, 15) is 4.79 Å². The van der Waals surface area contributed by atoms with E-state index in [0.29, 0.717) is 31.1 Å². The summed E-state index contributed by atoms with van der Waals surface area (Å²) in [6, 6.07) is 5.70. The lowest BCUT2D eigenvalue weighted by Gasteiger charge is -2.35. The minimum atomic E-state index is -0.0374. The third-order valence-electron chi connectivity index (χ3n) is 4.51. The van der Waals surface area contributed by atoms with Gasteiger partial charge in [0.2, 0.25) is 0 Å². The van der Waals surface area contributed by atoms with Crippen LogP contribution in [-0.2, 0) is 4.74 Å². The van der Waals surface area contributed by atoms with E-state index in [-0.39, 0.29) is 11.9 Å². The smallest absolute Gasteiger partial charge is 0.290 e. The Bertz CT molecular complexity index is 705. The van der Waals surface area contributed by atoms with Crippen LogP contribution in [0.3, 0.4) is 0 Å². The summed E-state index contributed by atoms with van der Waals surface area (Å²) >= 11 is 0. The lowest BCUT2D eigenvalue weighted by Crippen LogP contribution is -2.48. The van der Waals surface area contributed by atoms with Gasteiger partial charge in [0, 0.05) is 18.3 Å². The molecule has 2 aromatic rings. The molecule has 2 aromatic heterocycles. The van der Waals surface area contributed by atoms with Crippen molar-refractivity contribution >= 4 is 17.0 Å². The second-order valence-electron chi connectivity index (χ2n) is 6.35. The molecule has 0 spiro atoms. The Labute approximate surface area is 129 Å². The summed E-state index contributed by atoms with van der Waals surface area (Å²) in [4.78, 5) is 19.2. The van der Waals surface area contributed by atoms with Crippen LogP contribution in [0.5, 0.6) is 0 Å². The van der Waals surface area contributed by atoms with Crippen molar-refractivity contribution in [3.63, 3.8) is 0 Å². The van der Waals surface area contributed by atoms with Gasteiger partial charge in [-0.1, -0.05) is 12.8 Å². The summed E-state index contributed by atoms with van der Waals surface area (Å²) in [7, 11) is 0. The van der Waals surface area contributed by atoms with E-state index >= 15 is 0 Å². The Kier molecular flexibility index (Phi) is 3.37. The Morgan fingerprint density at radius 1 is 1.41 bits per heavy atom. The third kappa shape index (κ3) is 2.61. The lowest BCUT2D eigenvalue weighted by atomic mass is 10.1. The first-order valence-corrected chi connectivity index (χ1v) is 7.96. The number of ether oxygens (including phenoxy) is 1. The SMILES string of the molecule is Cc1ccc2oc(C(=O)N3CCOCC3CC3CC3)cc2n1. The quantitative estimate of drug-likeness (QED) is 0.874. The number of morpholine rings is 1. The first-order chi connectivity index (χ1) is 10.7. The number of rotatable bonds is 3. The zero-order valence-corrected chi connectivity index (χ0v) is 12.7. The molecule has 1 amide bonds. The van der Waals surface area contributed by atoms with Gasteiger partial charge in [0.25, 0.3) is 5.91 Å². The molecule has 3 heterocycles. The van der Waals surface area contributed by atoms with Crippen molar-refractivity contribution in [1.82, 2.24) is 9.88 Å². The molecule has 0 radical (unpaired) electrons. The van der Waals surface area contributed by atoms with Crippen molar-refractivity contribution in [2.45, 2.75) is 32.2 Å². The van der Waals surface area contributed by atoms with Crippen molar-refractivity contribution in [2.24, 2.45) is 5.92 Å². The molecule has 0 N–H and O–H groups in total. The number of hydrogen-bond donors (Lipinski definition) is 0. The molecule has 0 aromatic carbocycles. The summed E-state index contributed by atoms with van der Waals surface area (Å²) in [5.41, 5.74) is 2.33. The molecule has 5 heteroatoms. The van der Waals surface area contributed by atoms with Crippen LogP contribution in [0.15, 0.2) is 22.6 Å². The predicted molar refractivity (Wildman–Crippen MR) is 81.7 cm³/mol. The molecular weight excluding hydrogens is 280 g/mol. The fourth-order valence-corrected chi connectivity index (χ4v) is 3.13. The zero-order valence-electron chi connectivity index (χ0n) is 12.7. The molecule has 1 saturated heterocycles. The van der Waals surface area contributed by atoms with Crippen molar-refractivity contribution in [1.29, 1.82) is 0 Å². The molecule has 1 saturated carbocycles. The molecule has 2 fully saturated rings. The van der Waals surface area contributed by atoms with Gasteiger partial charge in [-0.2, -0.15) is 0 Å². The monoisotopic (exact) mass is 300 g/mol. The minimum Gasteiger partial charge on any atom is -0.449 e. The first-order valence-electron chi connectivity index (χ1n) is 7.96. The number of pyridine rings is 1. The van der Waals surface area contributed by atoms with Gasteiger partial charge >= 0.3 is 0 Å². The van der Waals surface area contributed by atoms with E-state index in [0.717, 1.165) is 23.5 Å². The maximum Gasteiger partial charge on any atom is 0.290 e. The molecule has 5 nitrogen and oxygen atoms in total. The minimum absolute atomic E-state index is 0.0374. The van der Waals surface area contributed by atoms with Crippen LogP contribution >= 0.6 is 0 Å². The first kappa shape index (κ1) is 13.8. The molecule has 4 rings (SSSR count). The van der Waals surface area contributed by atoms with Gasteiger partial charge in [0.05, 0.1) is 19.3 Å². The molecular formula is C17H20N2O3. The number of amides is 1. The average Bonchev–Trinajstić information content (AvgIpc) is 3.23. The number of furan rings is 1. The van der Waals surface area contributed by atoms with E-state index in [2.05, 4.69) is 4.98 Å². The second-order valence-corrected chi connectivity index (χ2v) is 6.35. The van der Waals surface area contributed by atoms with E-state index in [1.54, 1.807) is 6.07 Å². The van der Waals surface area contributed by atoms with Crippen molar-refractivity contribution in [3.05, 3.63) is 29.7 Å². The van der Waals surface area contributed by atoms with Gasteiger partial charge in [0.1, 0.15) is 5.52 Å². The Hall–Kier alpha value is -1.88. The van der Waals surface area contributed by atoms with Crippen LogP contribution in [-0.4, -0.2) is 41.6 Å². The van der Waals surface area contributed by atoms with Gasteiger partial charge in [-0.15, -0.1) is 0 Å². The van der Waals surface area contributed by atoms with Crippen LogP contribution in [0.25, 0.3) is 11.1 Å². The van der Waals surface area contributed by atoms with Crippen molar-refractivity contribution < 1.29 is 13.9 Å². The molecule has 2 aliphatic rings. The van der Waals surface area contributed by atoms with E-state index < -0.39 is 0 Å². The fraction of sp³-hybridized carbons (Fsp3) is 0.529. The number of aryl methyl sites for hydroxylation is 1. The Morgan fingerprint density at radius 2 is 2.27 bits per heavy atom. The van der Waals surface area contributed by atoms with Crippen molar-refractivity contribution in [3.8, 4) is 0 Å². The fourth-order valence-electron chi connectivity index (χ4n) is 3.13. The van der Waals surface area contributed by atoms with Crippen LogP contribution in [0.4, 0.5) is 0 Å². The van der Waals surface area contributed by atoms with Crippen molar-refractivity contribution in [2.75, 3.05) is 19.8 Å². The average molecular weight is 300 g/mol. The van der Waals surface area contributed by atoms with Gasteiger partial charge in [-0.05, 0) is 31.4 Å². The highest BCUT2D eigenvalue weighted by Crippen LogP contribution is 2.35. The number of hydrogen-bond acceptors (Lipinski definition) is 4. The van der Waals surface area contributed by atoms with Gasteiger partial charge in [-0.3, -0.25) is 4.79 Å². The summed E-state index contributed by atoms with van der Waals surface area (Å²) in [5, 5.41) is 0. The highest BCUT2D eigenvalue weighted by atomic mass is 16.5. The van der Waals surface area contributed by atoms with Crippen LogP contribution in [0, 0.1) is 12.8 Å². The maximum atomic E-state index is 12.8. The van der Waals surface area contributed by atoms with E-state index in [4.69, 9.17) is 9.15 Å². The summed E-state index contributed by atoms with van der Waals surface area (Å²) in [6.07, 6.45) is 3.61. The molecule has 116 valence electrons. The zero-order chi connectivity index (χ0) is 15.1. The molecule has 22 heavy (non-hydrogen) atoms. The Morgan fingerprint density at radius 3 is 3.09 bits per heavy atom. The number of aromatic nitrogens is 1. The van der Waals surface area contributed by atoms with Crippen LogP contribution < -0.4 is 0 Å². The van der Waals surface area contributed by atoms with Crippen LogP contribution in [0.1, 0.15) is 35.5 Å². The van der Waals surface area contributed by atoms with Crippen LogP contribution in [0.2, 0.25) is 0 Å². The molecule has 1 aliphatic heterocycles. The summed E-state index contributed by atoms with van der Waals surface area (Å²) in [5.74, 6) is 1.11. The molecule has 1 atom stereocenters. The van der Waals surface area contributed by atoms with Gasteiger partial charge in [-0.25, -0.2) is 4.98 Å². The van der Waals surface area contributed by atoms with Gasteiger partial charge < -0.3 is 14.1 Å². The second kappa shape index (κ2) is 5.39.